The number of fused-ring (bicyclic) bond motifs is 1. The fraction of sp³-hybridized carbons (Fsp3) is 0.455. The summed E-state index contributed by atoms with van der Waals surface area (Å²) < 4.78 is 21.3. The molecule has 5 rings (SSSR count). The maximum absolute atomic E-state index is 13.6. The number of carbonyl (C=O) groups excluding carboxylic acids is 1. The van der Waals surface area contributed by atoms with E-state index >= 15 is 0 Å². The summed E-state index contributed by atoms with van der Waals surface area (Å²) in [5.74, 6) is 0.692. The lowest BCUT2D eigenvalue weighted by Crippen LogP contribution is -2.46. The number of ether oxygens (including phenoxy) is 1. The molecule has 1 N–H and O–H groups in total. The number of thiazole rings is 1. The van der Waals surface area contributed by atoms with Gasteiger partial charge in [-0.25, -0.2) is 9.37 Å². The van der Waals surface area contributed by atoms with Crippen LogP contribution in [-0.2, 0) is 9.53 Å². The van der Waals surface area contributed by atoms with Crippen molar-refractivity contribution in [3.63, 3.8) is 0 Å². The Morgan fingerprint density at radius 3 is 3.03 bits per heavy atom. The maximum Gasteiger partial charge on any atom is 0.251 e. The molecule has 0 saturated carbocycles. The second-order valence-corrected chi connectivity index (χ2v) is 8.91. The third kappa shape index (κ3) is 3.81. The number of rotatable bonds is 4. The van der Waals surface area contributed by atoms with Crippen molar-refractivity contribution in [3.05, 3.63) is 47.4 Å². The molecule has 30 heavy (non-hydrogen) atoms. The summed E-state index contributed by atoms with van der Waals surface area (Å²) in [5, 5.41) is 5.26. The molecule has 2 fully saturated rings. The van der Waals surface area contributed by atoms with Gasteiger partial charge in [0.2, 0.25) is 5.95 Å². The first-order valence-electron chi connectivity index (χ1n) is 10.6. The third-order valence-corrected chi connectivity index (χ3v) is 6.82. The first kappa shape index (κ1) is 19.5. The van der Waals surface area contributed by atoms with Crippen LogP contribution in [-0.4, -0.2) is 46.0 Å². The van der Waals surface area contributed by atoms with Gasteiger partial charge in [-0.1, -0.05) is 6.07 Å². The number of nitrogens with zero attached hydrogens (tertiary/aromatic N) is 3. The molecular weight excluding hydrogens is 403 g/mol. The molecule has 2 aliphatic rings. The Labute approximate surface area is 178 Å². The van der Waals surface area contributed by atoms with Crippen LogP contribution in [0.1, 0.15) is 43.7 Å². The van der Waals surface area contributed by atoms with E-state index in [9.17, 15) is 9.18 Å². The standard InChI is InChI=1S/C22H25FN4O2S/c23-16-6-3-7-17(13-16)24-22-25-19(21-27(22)10-12-30-21)15-5-4-9-26(14-15)20(28)18-8-1-2-11-29-18/h3,6-7,10,12-13,15,18H,1-2,4-5,8-9,11,14H2,(H,24,25)/t15-,18+/m1/s1. The van der Waals surface area contributed by atoms with Gasteiger partial charge >= 0.3 is 0 Å². The number of likely N-dealkylation sites (tertiary alicyclic amines) is 1. The van der Waals surface area contributed by atoms with Crippen molar-refractivity contribution in [2.24, 2.45) is 0 Å². The SMILES string of the molecule is O=C([C@@H]1CCCCO1)N1CCC[C@@H](c2nc(Nc3cccc(F)c3)n3ccsc23)C1. The monoisotopic (exact) mass is 428 g/mol. The van der Waals surface area contributed by atoms with Crippen molar-refractivity contribution in [2.75, 3.05) is 25.0 Å². The van der Waals surface area contributed by atoms with Crippen LogP contribution in [0.3, 0.4) is 0 Å². The molecule has 3 aromatic rings. The van der Waals surface area contributed by atoms with E-state index in [2.05, 4.69) is 5.32 Å². The zero-order valence-corrected chi connectivity index (χ0v) is 17.5. The fourth-order valence-corrected chi connectivity index (χ4v) is 5.34. The number of hydrogen-bond donors (Lipinski definition) is 1. The minimum Gasteiger partial charge on any atom is -0.368 e. The minimum atomic E-state index is -0.287. The fourth-order valence-electron chi connectivity index (χ4n) is 4.44. The van der Waals surface area contributed by atoms with E-state index in [1.54, 1.807) is 17.4 Å². The van der Waals surface area contributed by atoms with Gasteiger partial charge in [-0.15, -0.1) is 11.3 Å². The lowest BCUT2D eigenvalue weighted by molar-refractivity contribution is -0.147. The molecular formula is C22H25FN4O2S. The maximum atomic E-state index is 13.6. The largest absolute Gasteiger partial charge is 0.368 e. The number of piperidine rings is 1. The van der Waals surface area contributed by atoms with Crippen molar-refractivity contribution in [2.45, 2.75) is 44.1 Å². The van der Waals surface area contributed by atoms with Gasteiger partial charge in [-0.2, -0.15) is 0 Å². The average molecular weight is 429 g/mol. The van der Waals surface area contributed by atoms with E-state index < -0.39 is 0 Å². The summed E-state index contributed by atoms with van der Waals surface area (Å²) in [6.45, 7) is 2.13. The van der Waals surface area contributed by atoms with Crippen molar-refractivity contribution in [1.29, 1.82) is 0 Å². The zero-order chi connectivity index (χ0) is 20.5. The Hall–Kier alpha value is -2.45. The van der Waals surface area contributed by atoms with Crippen LogP contribution in [0.2, 0.25) is 0 Å². The third-order valence-electron chi connectivity index (χ3n) is 5.94. The molecule has 0 spiro atoms. The average Bonchev–Trinajstić information content (AvgIpc) is 3.38. The molecule has 0 bridgehead atoms. The highest BCUT2D eigenvalue weighted by Gasteiger charge is 2.33. The van der Waals surface area contributed by atoms with Crippen LogP contribution in [0.15, 0.2) is 35.8 Å². The number of aromatic nitrogens is 2. The summed E-state index contributed by atoms with van der Waals surface area (Å²) in [6.07, 6.45) is 6.56. The van der Waals surface area contributed by atoms with Gasteiger partial charge < -0.3 is 15.0 Å². The van der Waals surface area contributed by atoms with Gasteiger partial charge in [0.15, 0.2) is 0 Å². The highest BCUT2D eigenvalue weighted by molar-refractivity contribution is 7.15. The lowest BCUT2D eigenvalue weighted by atomic mass is 9.94. The van der Waals surface area contributed by atoms with Gasteiger partial charge in [0.25, 0.3) is 5.91 Å². The summed E-state index contributed by atoms with van der Waals surface area (Å²) >= 11 is 1.64. The summed E-state index contributed by atoms with van der Waals surface area (Å²) in [4.78, 5) is 20.9. The molecule has 158 valence electrons. The normalized spacial score (nSPS) is 22.4. The van der Waals surface area contributed by atoms with Crippen molar-refractivity contribution in [3.8, 4) is 0 Å². The van der Waals surface area contributed by atoms with Gasteiger partial charge in [-0.3, -0.25) is 9.20 Å². The molecule has 2 saturated heterocycles. The number of carbonyl (C=O) groups is 1. The molecule has 2 atom stereocenters. The molecule has 0 aliphatic carbocycles. The molecule has 1 amide bonds. The second-order valence-electron chi connectivity index (χ2n) is 8.01. The minimum absolute atomic E-state index is 0.124. The number of halogens is 1. The first-order valence-corrected chi connectivity index (χ1v) is 11.5. The molecule has 8 heteroatoms. The first-order chi connectivity index (χ1) is 14.7. The molecule has 4 heterocycles. The smallest absolute Gasteiger partial charge is 0.251 e. The summed E-state index contributed by atoms with van der Waals surface area (Å²) in [7, 11) is 0. The Balaban J connectivity index is 1.37. The van der Waals surface area contributed by atoms with Gasteiger partial charge in [0.1, 0.15) is 16.8 Å². The molecule has 0 radical (unpaired) electrons. The van der Waals surface area contributed by atoms with Gasteiger partial charge in [0, 0.05) is 42.9 Å². The zero-order valence-electron chi connectivity index (χ0n) is 16.7. The van der Waals surface area contributed by atoms with E-state index in [0.29, 0.717) is 24.8 Å². The molecule has 0 unspecified atom stereocenters. The summed E-state index contributed by atoms with van der Waals surface area (Å²) in [6, 6.07) is 6.38. The highest BCUT2D eigenvalue weighted by Crippen LogP contribution is 2.34. The van der Waals surface area contributed by atoms with E-state index in [4.69, 9.17) is 9.72 Å². The Kier molecular flexibility index (Phi) is 5.43. The number of amides is 1. The Morgan fingerprint density at radius 2 is 2.20 bits per heavy atom. The van der Waals surface area contributed by atoms with E-state index in [1.807, 2.05) is 26.9 Å². The Morgan fingerprint density at radius 1 is 1.27 bits per heavy atom. The van der Waals surface area contributed by atoms with Crippen LogP contribution in [0.25, 0.3) is 4.83 Å². The number of benzene rings is 1. The summed E-state index contributed by atoms with van der Waals surface area (Å²) in [5.41, 5.74) is 1.67. The number of imidazole rings is 1. The van der Waals surface area contributed by atoms with E-state index in [0.717, 1.165) is 49.2 Å². The van der Waals surface area contributed by atoms with Crippen molar-refractivity contribution >= 4 is 33.7 Å². The van der Waals surface area contributed by atoms with Gasteiger partial charge in [-0.05, 0) is 50.3 Å². The van der Waals surface area contributed by atoms with Crippen LogP contribution < -0.4 is 5.32 Å². The topological polar surface area (TPSA) is 58.9 Å². The molecule has 6 nitrogen and oxygen atoms in total. The van der Waals surface area contributed by atoms with E-state index in [-0.39, 0.29) is 23.7 Å². The van der Waals surface area contributed by atoms with E-state index in [1.165, 1.54) is 12.1 Å². The predicted octanol–water partition coefficient (Wildman–Crippen LogP) is 4.55. The second kappa shape index (κ2) is 8.35. The molecule has 2 aliphatic heterocycles. The lowest BCUT2D eigenvalue weighted by Gasteiger charge is -2.35. The van der Waals surface area contributed by atoms with Crippen LogP contribution in [0.4, 0.5) is 16.0 Å². The van der Waals surface area contributed by atoms with Crippen LogP contribution in [0, 0.1) is 5.82 Å². The quantitative estimate of drug-likeness (QED) is 0.662. The molecule has 1 aromatic carbocycles. The van der Waals surface area contributed by atoms with Crippen LogP contribution >= 0.6 is 11.3 Å². The number of nitrogens with one attached hydrogen (secondary N) is 1. The van der Waals surface area contributed by atoms with Crippen molar-refractivity contribution < 1.29 is 13.9 Å². The van der Waals surface area contributed by atoms with Crippen LogP contribution in [0.5, 0.6) is 0 Å². The highest BCUT2D eigenvalue weighted by atomic mass is 32.1. The number of hydrogen-bond acceptors (Lipinski definition) is 5. The molecule has 2 aromatic heterocycles. The van der Waals surface area contributed by atoms with Crippen molar-refractivity contribution in [1.82, 2.24) is 14.3 Å². The number of anilines is 2. The predicted molar refractivity (Wildman–Crippen MR) is 115 cm³/mol. The van der Waals surface area contributed by atoms with Gasteiger partial charge in [0.05, 0.1) is 5.69 Å². The Bertz CT molecular complexity index is 1040.